The van der Waals surface area contributed by atoms with Crippen LogP contribution in [0.5, 0.6) is 0 Å². The monoisotopic (exact) mass is 689 g/mol. The van der Waals surface area contributed by atoms with E-state index >= 15 is 0 Å². The maximum Gasteiger partial charge on any atom is 0.469 e. The lowest BCUT2D eigenvalue weighted by molar-refractivity contribution is -0.161. The number of hydrogen-bond acceptors (Lipinski definition) is 6. The van der Waals surface area contributed by atoms with Gasteiger partial charge in [0.15, 0.2) is 6.10 Å². The second kappa shape index (κ2) is 34.6. The molecule has 0 aromatic heterocycles. The molecule has 0 saturated carbocycles. The van der Waals surface area contributed by atoms with Gasteiger partial charge in [0.25, 0.3) is 0 Å². The maximum atomic E-state index is 12.3. The molecule has 0 aromatic rings. The van der Waals surface area contributed by atoms with Crippen molar-refractivity contribution in [1.29, 1.82) is 0 Å². The van der Waals surface area contributed by atoms with E-state index in [1.54, 1.807) is 0 Å². The summed E-state index contributed by atoms with van der Waals surface area (Å²) in [6.45, 7) is 3.67. The molecule has 0 aliphatic carbocycles. The van der Waals surface area contributed by atoms with Crippen LogP contribution in [0.3, 0.4) is 0 Å². The van der Waals surface area contributed by atoms with Gasteiger partial charge in [0, 0.05) is 12.8 Å². The molecule has 0 aliphatic heterocycles. The summed E-state index contributed by atoms with van der Waals surface area (Å²) in [7, 11) is -4.75. The minimum Gasteiger partial charge on any atom is -0.462 e. The van der Waals surface area contributed by atoms with E-state index in [1.807, 2.05) is 0 Å². The van der Waals surface area contributed by atoms with E-state index in [9.17, 15) is 14.2 Å². The highest BCUT2D eigenvalue weighted by molar-refractivity contribution is 7.46. The second-order valence-electron chi connectivity index (χ2n) is 13.3. The number of phosphoric acid groups is 1. The van der Waals surface area contributed by atoms with E-state index in [-0.39, 0.29) is 19.4 Å². The summed E-state index contributed by atoms with van der Waals surface area (Å²) < 4.78 is 26.3. The molecule has 47 heavy (non-hydrogen) atoms. The van der Waals surface area contributed by atoms with Crippen molar-refractivity contribution in [2.45, 2.75) is 206 Å². The lowest BCUT2D eigenvalue weighted by Gasteiger charge is -2.18. The van der Waals surface area contributed by atoms with E-state index in [0.717, 1.165) is 44.9 Å². The zero-order chi connectivity index (χ0) is 34.7. The smallest absolute Gasteiger partial charge is 0.462 e. The lowest BCUT2D eigenvalue weighted by Crippen LogP contribution is -2.29. The van der Waals surface area contributed by atoms with Crippen molar-refractivity contribution in [3.8, 4) is 0 Å². The van der Waals surface area contributed by atoms with Crippen molar-refractivity contribution in [3.05, 3.63) is 12.2 Å². The first-order valence-corrected chi connectivity index (χ1v) is 21.0. The molecule has 1 atom stereocenters. The fourth-order valence-electron chi connectivity index (χ4n) is 5.60. The number of carbonyl (C=O) groups excluding carboxylic acids is 2. The van der Waals surface area contributed by atoms with Gasteiger partial charge in [-0.3, -0.25) is 14.1 Å². The third-order valence-corrected chi connectivity index (χ3v) is 9.02. The molecule has 0 heterocycles. The van der Waals surface area contributed by atoms with Crippen LogP contribution >= 0.6 is 7.82 Å². The molecule has 0 aromatic carbocycles. The van der Waals surface area contributed by atoms with Gasteiger partial charge >= 0.3 is 19.8 Å². The lowest BCUT2D eigenvalue weighted by atomic mass is 10.0. The van der Waals surface area contributed by atoms with E-state index in [4.69, 9.17) is 19.3 Å². The predicted octanol–water partition coefficient (Wildman–Crippen LogP) is 11.5. The van der Waals surface area contributed by atoms with Crippen molar-refractivity contribution >= 4 is 19.8 Å². The van der Waals surface area contributed by atoms with Gasteiger partial charge in [0.1, 0.15) is 6.61 Å². The molecule has 0 unspecified atom stereocenters. The Balaban J connectivity index is 3.93. The fourth-order valence-corrected chi connectivity index (χ4v) is 5.96. The van der Waals surface area contributed by atoms with Crippen molar-refractivity contribution in [2.24, 2.45) is 0 Å². The van der Waals surface area contributed by atoms with Crippen LogP contribution in [-0.4, -0.2) is 41.0 Å². The Kier molecular flexibility index (Phi) is 33.8. The molecule has 0 radical (unpaired) electrons. The minimum atomic E-state index is -4.75. The Hall–Kier alpha value is -1.21. The number of allylic oxidation sites excluding steroid dienone is 2. The van der Waals surface area contributed by atoms with Gasteiger partial charge in [-0.05, 0) is 38.5 Å². The third-order valence-electron chi connectivity index (χ3n) is 8.53. The molecule has 0 bridgehead atoms. The number of rotatable bonds is 36. The van der Waals surface area contributed by atoms with Crippen LogP contribution in [0, 0.1) is 0 Å². The van der Waals surface area contributed by atoms with E-state index in [1.165, 1.54) is 122 Å². The second-order valence-corrected chi connectivity index (χ2v) is 14.5. The van der Waals surface area contributed by atoms with E-state index in [0.29, 0.717) is 6.42 Å². The summed E-state index contributed by atoms with van der Waals surface area (Å²) >= 11 is 0. The number of hydrogen-bond donors (Lipinski definition) is 2. The summed E-state index contributed by atoms with van der Waals surface area (Å²) in [5.74, 6) is -0.895. The average molecular weight is 689 g/mol. The first-order chi connectivity index (χ1) is 22.8. The molecule has 0 saturated heterocycles. The van der Waals surface area contributed by atoms with Crippen LogP contribution < -0.4 is 0 Å². The molecule has 278 valence electrons. The number of carbonyl (C=O) groups is 2. The Morgan fingerprint density at radius 3 is 1.32 bits per heavy atom. The topological polar surface area (TPSA) is 119 Å². The van der Waals surface area contributed by atoms with Crippen LogP contribution in [0.1, 0.15) is 200 Å². The number of ether oxygens (including phenoxy) is 2. The molecule has 0 rings (SSSR count). The number of unbranched alkanes of at least 4 members (excludes halogenated alkanes) is 24. The Morgan fingerprint density at radius 2 is 0.894 bits per heavy atom. The molecular formula is C38H73O8P. The quantitative estimate of drug-likeness (QED) is 0.0289. The van der Waals surface area contributed by atoms with Crippen LogP contribution in [0.4, 0.5) is 0 Å². The third kappa shape index (κ3) is 37.5. The van der Waals surface area contributed by atoms with Gasteiger partial charge in [-0.1, -0.05) is 161 Å². The zero-order valence-corrected chi connectivity index (χ0v) is 31.3. The van der Waals surface area contributed by atoms with Gasteiger partial charge in [-0.2, -0.15) is 0 Å². The summed E-state index contributed by atoms with van der Waals surface area (Å²) in [4.78, 5) is 42.7. The zero-order valence-electron chi connectivity index (χ0n) is 30.4. The van der Waals surface area contributed by atoms with Crippen molar-refractivity contribution < 1.29 is 37.9 Å². The first-order valence-electron chi connectivity index (χ1n) is 19.5. The maximum absolute atomic E-state index is 12.3. The number of esters is 2. The molecule has 8 nitrogen and oxygen atoms in total. The normalized spacial score (nSPS) is 12.5. The van der Waals surface area contributed by atoms with Crippen molar-refractivity contribution in [1.82, 2.24) is 0 Å². The Bertz CT molecular complexity index is 782. The minimum absolute atomic E-state index is 0.195. The van der Waals surface area contributed by atoms with Gasteiger partial charge < -0.3 is 19.3 Å². The molecular weight excluding hydrogens is 615 g/mol. The average Bonchev–Trinajstić information content (AvgIpc) is 3.03. The van der Waals surface area contributed by atoms with Gasteiger partial charge in [0.2, 0.25) is 0 Å². The SMILES string of the molecule is CCCCCCCC/C=C/CCCCCC(=O)O[C@H](COC(=O)CCCCCCCCCCCCCCCCCC)COP(=O)(O)O. The Labute approximate surface area is 288 Å². The van der Waals surface area contributed by atoms with Gasteiger partial charge in [0.05, 0.1) is 6.61 Å². The molecule has 2 N–H and O–H groups in total. The number of phosphoric ester groups is 1. The summed E-state index contributed by atoms with van der Waals surface area (Å²) in [5, 5.41) is 0. The first kappa shape index (κ1) is 45.8. The van der Waals surface area contributed by atoms with Gasteiger partial charge in [-0.25, -0.2) is 4.57 Å². The fraction of sp³-hybridized carbons (Fsp3) is 0.895. The highest BCUT2D eigenvalue weighted by atomic mass is 31.2. The molecule has 0 aliphatic rings. The van der Waals surface area contributed by atoms with Crippen LogP contribution in [-0.2, 0) is 28.2 Å². The molecule has 0 fully saturated rings. The molecule has 0 spiro atoms. The summed E-state index contributed by atoms with van der Waals surface area (Å²) in [6.07, 6.45) is 36.5. The van der Waals surface area contributed by atoms with Crippen molar-refractivity contribution in [3.63, 3.8) is 0 Å². The van der Waals surface area contributed by atoms with Gasteiger partial charge in [-0.15, -0.1) is 0 Å². The van der Waals surface area contributed by atoms with Crippen LogP contribution in [0.25, 0.3) is 0 Å². The van der Waals surface area contributed by atoms with Crippen LogP contribution in [0.15, 0.2) is 12.2 Å². The standard InChI is InChI=1S/C38H73O8P/c1-3-5-7-9-11-13-15-17-18-19-21-22-24-26-28-30-32-37(39)44-34-36(35-45-47(41,42)43)46-38(40)33-31-29-27-25-23-20-16-14-12-10-8-6-4-2/h20,23,36H,3-19,21-22,24-35H2,1-2H3,(H2,41,42,43)/b23-20+/t36-/m1/s1. The molecule has 9 heteroatoms. The predicted molar refractivity (Wildman–Crippen MR) is 193 cm³/mol. The van der Waals surface area contributed by atoms with E-state index < -0.39 is 32.5 Å². The summed E-state index contributed by atoms with van der Waals surface area (Å²) in [6, 6.07) is 0. The molecule has 0 amide bonds. The highest BCUT2D eigenvalue weighted by Gasteiger charge is 2.22. The van der Waals surface area contributed by atoms with Crippen LogP contribution in [0.2, 0.25) is 0 Å². The summed E-state index contributed by atoms with van der Waals surface area (Å²) in [5.41, 5.74) is 0. The van der Waals surface area contributed by atoms with Crippen molar-refractivity contribution in [2.75, 3.05) is 13.2 Å². The highest BCUT2D eigenvalue weighted by Crippen LogP contribution is 2.36. The Morgan fingerprint density at radius 1 is 0.532 bits per heavy atom. The largest absolute Gasteiger partial charge is 0.469 e. The van der Waals surface area contributed by atoms with E-state index in [2.05, 4.69) is 30.5 Å².